The molecule has 0 aromatic heterocycles. The second-order valence-electron chi connectivity index (χ2n) is 6.66. The van der Waals surface area contributed by atoms with E-state index in [-0.39, 0.29) is 29.6 Å². The third-order valence-electron chi connectivity index (χ3n) is 5.60. The minimum Gasteiger partial charge on any atom is -0.458 e. The summed E-state index contributed by atoms with van der Waals surface area (Å²) in [5, 5.41) is 21.0. The number of esters is 1. The summed E-state index contributed by atoms with van der Waals surface area (Å²) in [5.74, 6) is -1.48. The Morgan fingerprint density at radius 3 is 2.65 bits per heavy atom. The Labute approximate surface area is 117 Å². The van der Waals surface area contributed by atoms with Gasteiger partial charge in [0, 0.05) is 17.9 Å². The van der Waals surface area contributed by atoms with Gasteiger partial charge in [-0.1, -0.05) is 13.5 Å². The van der Waals surface area contributed by atoms with E-state index in [9.17, 15) is 19.8 Å². The van der Waals surface area contributed by atoms with Crippen molar-refractivity contribution in [1.82, 2.24) is 0 Å². The topological polar surface area (TPSA) is 83.8 Å². The van der Waals surface area contributed by atoms with E-state index in [1.807, 2.05) is 6.92 Å². The summed E-state index contributed by atoms with van der Waals surface area (Å²) in [7, 11) is 0. The van der Waals surface area contributed by atoms with E-state index < -0.39 is 35.6 Å². The molecule has 5 nitrogen and oxygen atoms in total. The highest BCUT2D eigenvalue weighted by atomic mass is 16.6. The molecule has 7 atom stereocenters. The third kappa shape index (κ3) is 1.50. The van der Waals surface area contributed by atoms with Crippen LogP contribution in [0.3, 0.4) is 0 Å². The highest BCUT2D eigenvalue weighted by Gasteiger charge is 2.63. The number of rotatable bonds is 0. The van der Waals surface area contributed by atoms with Crippen molar-refractivity contribution in [3.05, 3.63) is 12.2 Å². The second-order valence-corrected chi connectivity index (χ2v) is 6.66. The van der Waals surface area contributed by atoms with Crippen molar-refractivity contribution in [1.29, 1.82) is 0 Å². The molecule has 2 N–H and O–H groups in total. The fourth-order valence-electron chi connectivity index (χ4n) is 4.58. The quantitative estimate of drug-likeness (QED) is 0.497. The first-order chi connectivity index (χ1) is 9.28. The summed E-state index contributed by atoms with van der Waals surface area (Å²) < 4.78 is 5.29. The van der Waals surface area contributed by atoms with Crippen molar-refractivity contribution in [2.45, 2.75) is 45.0 Å². The lowest BCUT2D eigenvalue weighted by Gasteiger charge is -2.37. The van der Waals surface area contributed by atoms with Crippen LogP contribution in [0, 0.1) is 23.2 Å². The molecule has 1 aliphatic heterocycles. The number of carbonyl (C=O) groups is 2. The average molecular weight is 280 g/mol. The Hall–Kier alpha value is -1.20. The molecule has 3 rings (SSSR count). The molecular formula is C15H20O5. The number of ketones is 1. The van der Waals surface area contributed by atoms with Gasteiger partial charge in [0.25, 0.3) is 0 Å². The largest absolute Gasteiger partial charge is 0.458 e. The van der Waals surface area contributed by atoms with Gasteiger partial charge < -0.3 is 14.9 Å². The second kappa shape index (κ2) is 4.15. The average Bonchev–Trinajstić information content (AvgIpc) is 2.72. The molecule has 0 aromatic rings. The van der Waals surface area contributed by atoms with Gasteiger partial charge in [-0.25, -0.2) is 4.79 Å². The number of hydrogen-bond acceptors (Lipinski definition) is 5. The normalized spacial score (nSPS) is 51.5. The van der Waals surface area contributed by atoms with Crippen LogP contribution in [0.1, 0.15) is 26.7 Å². The summed E-state index contributed by atoms with van der Waals surface area (Å²) in [4.78, 5) is 24.0. The van der Waals surface area contributed by atoms with Gasteiger partial charge in [0.1, 0.15) is 11.9 Å². The SMILES string of the molecule is C=C1C(=O)O[C@@H]2C[C@@H](C)[C@@H]3[C@@H](O)CC(=O)[C@@]3(C)[C@H](O)[C@H]12. The Balaban J connectivity index is 2.09. The highest BCUT2D eigenvalue weighted by Crippen LogP contribution is 2.55. The first-order valence-electron chi connectivity index (χ1n) is 7.07. The number of fused-ring (bicyclic) bond motifs is 2. The molecule has 0 aromatic carbocycles. The summed E-state index contributed by atoms with van der Waals surface area (Å²) in [6.45, 7) is 7.36. The van der Waals surface area contributed by atoms with E-state index >= 15 is 0 Å². The zero-order valence-corrected chi connectivity index (χ0v) is 11.7. The molecule has 2 saturated carbocycles. The van der Waals surface area contributed by atoms with Gasteiger partial charge >= 0.3 is 5.97 Å². The lowest BCUT2D eigenvalue weighted by atomic mass is 9.67. The van der Waals surface area contributed by atoms with Gasteiger partial charge in [-0.15, -0.1) is 0 Å². The molecule has 3 aliphatic rings. The van der Waals surface area contributed by atoms with Crippen molar-refractivity contribution in [3.63, 3.8) is 0 Å². The third-order valence-corrected chi connectivity index (χ3v) is 5.60. The smallest absolute Gasteiger partial charge is 0.334 e. The van der Waals surface area contributed by atoms with E-state index in [4.69, 9.17) is 4.74 Å². The van der Waals surface area contributed by atoms with E-state index in [0.717, 1.165) is 0 Å². The molecule has 0 amide bonds. The van der Waals surface area contributed by atoms with Crippen LogP contribution in [0.25, 0.3) is 0 Å². The number of aliphatic hydroxyl groups excluding tert-OH is 2. The molecule has 0 spiro atoms. The van der Waals surface area contributed by atoms with Crippen molar-refractivity contribution < 1.29 is 24.5 Å². The predicted octanol–water partition coefficient (Wildman–Crippen LogP) is 0.441. The minimum atomic E-state index is -1.04. The zero-order chi connectivity index (χ0) is 14.8. The number of ether oxygens (including phenoxy) is 1. The van der Waals surface area contributed by atoms with Gasteiger partial charge in [-0.3, -0.25) is 4.79 Å². The monoisotopic (exact) mass is 280 g/mol. The molecule has 20 heavy (non-hydrogen) atoms. The summed E-state index contributed by atoms with van der Waals surface area (Å²) in [6, 6.07) is 0. The van der Waals surface area contributed by atoms with Crippen molar-refractivity contribution in [2.75, 3.05) is 0 Å². The van der Waals surface area contributed by atoms with Crippen LogP contribution in [0.4, 0.5) is 0 Å². The zero-order valence-electron chi connectivity index (χ0n) is 11.7. The Morgan fingerprint density at radius 2 is 2.00 bits per heavy atom. The summed E-state index contributed by atoms with van der Waals surface area (Å²) in [6.07, 6.45) is -1.60. The number of Topliss-reactive ketones (excluding diaryl/α,β-unsaturated/α-hetero) is 1. The molecule has 5 heteroatoms. The molecule has 0 bridgehead atoms. The van der Waals surface area contributed by atoms with Crippen LogP contribution in [0.5, 0.6) is 0 Å². The lowest BCUT2D eigenvalue weighted by molar-refractivity contribution is -0.140. The van der Waals surface area contributed by atoms with Gasteiger partial charge in [-0.2, -0.15) is 0 Å². The highest BCUT2D eigenvalue weighted by molar-refractivity contribution is 5.93. The maximum atomic E-state index is 12.4. The Morgan fingerprint density at radius 1 is 1.35 bits per heavy atom. The van der Waals surface area contributed by atoms with Crippen LogP contribution in [-0.4, -0.2) is 40.3 Å². The number of carbonyl (C=O) groups excluding carboxylic acids is 2. The predicted molar refractivity (Wildman–Crippen MR) is 69.5 cm³/mol. The molecular weight excluding hydrogens is 260 g/mol. The maximum absolute atomic E-state index is 12.4. The number of aliphatic hydroxyl groups is 2. The number of hydrogen-bond donors (Lipinski definition) is 2. The van der Waals surface area contributed by atoms with Gasteiger partial charge in [0.05, 0.1) is 23.5 Å². The summed E-state index contributed by atoms with van der Waals surface area (Å²) >= 11 is 0. The van der Waals surface area contributed by atoms with Crippen LogP contribution < -0.4 is 0 Å². The van der Waals surface area contributed by atoms with Gasteiger partial charge in [0.2, 0.25) is 0 Å². The first-order valence-corrected chi connectivity index (χ1v) is 7.07. The van der Waals surface area contributed by atoms with Crippen molar-refractivity contribution in [3.8, 4) is 0 Å². The fourth-order valence-corrected chi connectivity index (χ4v) is 4.58. The standard InChI is InChI=1S/C15H20O5/c1-6-4-9-11(7(2)14(19)20-9)13(18)15(3)10(17)5-8(16)12(6)15/h6,8-9,11-13,16,18H,2,4-5H2,1,3H3/t6-,8+,9-,11-,12-,13-,15-/m1/s1. The van der Waals surface area contributed by atoms with E-state index in [2.05, 4.69) is 6.58 Å². The van der Waals surface area contributed by atoms with Crippen molar-refractivity contribution >= 4 is 11.8 Å². The Kier molecular flexibility index (Phi) is 2.86. The molecule has 2 aliphatic carbocycles. The Bertz CT molecular complexity index is 498. The molecule has 3 fully saturated rings. The lowest BCUT2D eigenvalue weighted by Crippen LogP contribution is -2.47. The molecule has 0 radical (unpaired) electrons. The first kappa shape index (κ1) is 13.8. The van der Waals surface area contributed by atoms with Gasteiger partial charge in [-0.05, 0) is 19.3 Å². The maximum Gasteiger partial charge on any atom is 0.334 e. The molecule has 110 valence electrons. The van der Waals surface area contributed by atoms with E-state index in [1.165, 1.54) is 0 Å². The van der Waals surface area contributed by atoms with Crippen molar-refractivity contribution in [2.24, 2.45) is 23.2 Å². The van der Waals surface area contributed by atoms with E-state index in [1.54, 1.807) is 6.92 Å². The van der Waals surface area contributed by atoms with Crippen LogP contribution in [-0.2, 0) is 14.3 Å². The molecule has 0 unspecified atom stereocenters. The molecule has 1 heterocycles. The van der Waals surface area contributed by atoms with E-state index in [0.29, 0.717) is 6.42 Å². The molecule has 1 saturated heterocycles. The minimum absolute atomic E-state index is 0.00944. The van der Waals surface area contributed by atoms with Crippen LogP contribution in [0.2, 0.25) is 0 Å². The summed E-state index contributed by atoms with van der Waals surface area (Å²) in [5.41, 5.74) is -0.791. The van der Waals surface area contributed by atoms with Crippen LogP contribution in [0.15, 0.2) is 12.2 Å². The van der Waals surface area contributed by atoms with Gasteiger partial charge in [0.15, 0.2) is 0 Å². The fraction of sp³-hybridized carbons (Fsp3) is 0.733. The van der Waals surface area contributed by atoms with Crippen LogP contribution >= 0.6 is 0 Å².